The molecule has 1 amide bonds. The van der Waals surface area contributed by atoms with E-state index in [2.05, 4.69) is 21.2 Å². The van der Waals surface area contributed by atoms with E-state index in [1.165, 1.54) is 18.2 Å². The second-order valence-electron chi connectivity index (χ2n) is 5.54. The number of anilines is 1. The predicted molar refractivity (Wildman–Crippen MR) is 103 cm³/mol. The third-order valence-electron chi connectivity index (χ3n) is 3.58. The molecule has 1 N–H and O–H groups in total. The van der Waals surface area contributed by atoms with Crippen LogP contribution in [0.1, 0.15) is 23.2 Å². The number of carbonyl (C=O) groups excluding carboxylic acids is 1. The average molecular weight is 434 g/mol. The van der Waals surface area contributed by atoms with E-state index in [0.717, 1.165) is 5.75 Å². The Morgan fingerprint density at radius 1 is 1.07 bits per heavy atom. The minimum Gasteiger partial charge on any atom is -0.494 e. The summed E-state index contributed by atoms with van der Waals surface area (Å²) in [7, 11) is 0. The van der Waals surface area contributed by atoms with Gasteiger partial charge in [-0.15, -0.1) is 0 Å². The Hall–Kier alpha value is -2.80. The van der Waals surface area contributed by atoms with Gasteiger partial charge in [0.2, 0.25) is 0 Å². The fourth-order valence-corrected chi connectivity index (χ4v) is 2.64. The first kappa shape index (κ1) is 19.0. The molecule has 27 heavy (non-hydrogen) atoms. The Bertz CT molecular complexity index is 924. The molecule has 0 aliphatic carbocycles. The molecule has 1 aromatic heterocycles. The van der Waals surface area contributed by atoms with Gasteiger partial charge in [-0.3, -0.25) is 4.79 Å². The zero-order valence-corrected chi connectivity index (χ0v) is 16.1. The van der Waals surface area contributed by atoms with Crippen molar-refractivity contribution in [1.29, 1.82) is 0 Å². The summed E-state index contributed by atoms with van der Waals surface area (Å²) in [5.74, 6) is 0.888. The van der Waals surface area contributed by atoms with Crippen molar-refractivity contribution in [1.82, 2.24) is 0 Å². The van der Waals surface area contributed by atoms with Gasteiger partial charge in [0, 0.05) is 4.47 Å². The number of rotatable bonds is 7. The van der Waals surface area contributed by atoms with Crippen LogP contribution in [-0.4, -0.2) is 12.5 Å². The summed E-state index contributed by atoms with van der Waals surface area (Å²) in [6, 6.07) is 14.7. The minimum absolute atomic E-state index is 0.0719. The number of amides is 1. The molecule has 7 heteroatoms. The van der Waals surface area contributed by atoms with Gasteiger partial charge in [0.25, 0.3) is 5.91 Å². The fourth-order valence-electron chi connectivity index (χ4n) is 2.31. The Morgan fingerprint density at radius 3 is 2.44 bits per heavy atom. The van der Waals surface area contributed by atoms with Crippen LogP contribution in [0.5, 0.6) is 11.5 Å². The maximum atomic E-state index is 13.8. The minimum atomic E-state index is -0.539. The van der Waals surface area contributed by atoms with Gasteiger partial charge in [-0.25, -0.2) is 4.39 Å². The summed E-state index contributed by atoms with van der Waals surface area (Å²) in [6.07, 6.45) is 0. The molecule has 0 saturated heterocycles. The van der Waals surface area contributed by atoms with Crippen LogP contribution in [0.4, 0.5) is 10.1 Å². The number of nitrogens with one attached hydrogen (secondary N) is 1. The fraction of sp³-hybridized carbons (Fsp3) is 0.150. The molecule has 140 valence electrons. The van der Waals surface area contributed by atoms with Crippen molar-refractivity contribution < 1.29 is 23.1 Å². The molecule has 0 aliphatic heterocycles. The Labute approximate surface area is 164 Å². The quantitative estimate of drug-likeness (QED) is 0.540. The van der Waals surface area contributed by atoms with Crippen LogP contribution in [0.2, 0.25) is 0 Å². The maximum absolute atomic E-state index is 13.8. The van der Waals surface area contributed by atoms with Gasteiger partial charge in [-0.05, 0) is 61.5 Å². The van der Waals surface area contributed by atoms with Crippen LogP contribution in [0.3, 0.4) is 0 Å². The van der Waals surface area contributed by atoms with Crippen molar-refractivity contribution in [3.63, 3.8) is 0 Å². The molecule has 3 aromatic rings. The lowest BCUT2D eigenvalue weighted by Crippen LogP contribution is -2.12. The average Bonchev–Trinajstić information content (AvgIpc) is 3.13. The molecule has 0 fully saturated rings. The van der Waals surface area contributed by atoms with Gasteiger partial charge in [0.15, 0.2) is 5.76 Å². The summed E-state index contributed by atoms with van der Waals surface area (Å²) in [5, 5.41) is 2.48. The summed E-state index contributed by atoms with van der Waals surface area (Å²) in [5.41, 5.74) is 0.0757. The Kier molecular flexibility index (Phi) is 6.13. The molecular formula is C20H17BrFNO4. The number of halogens is 2. The number of hydrogen-bond donors (Lipinski definition) is 1. The first-order chi connectivity index (χ1) is 13.0. The third-order valence-corrected chi connectivity index (χ3v) is 4.07. The largest absolute Gasteiger partial charge is 0.494 e. The summed E-state index contributed by atoms with van der Waals surface area (Å²) >= 11 is 3.17. The zero-order valence-electron chi connectivity index (χ0n) is 14.5. The molecule has 0 atom stereocenters. The third kappa shape index (κ3) is 5.10. The van der Waals surface area contributed by atoms with Gasteiger partial charge >= 0.3 is 0 Å². The van der Waals surface area contributed by atoms with Gasteiger partial charge in [0.1, 0.15) is 29.7 Å². The SMILES string of the molecule is CCOc1ccc(OCc2ccc(C(=O)Nc3ccc(Br)cc3F)o2)cc1. The van der Waals surface area contributed by atoms with Crippen molar-refractivity contribution in [3.8, 4) is 11.5 Å². The van der Waals surface area contributed by atoms with E-state index in [9.17, 15) is 9.18 Å². The van der Waals surface area contributed by atoms with Crippen molar-refractivity contribution >= 4 is 27.5 Å². The Balaban J connectivity index is 1.58. The highest BCUT2D eigenvalue weighted by molar-refractivity contribution is 9.10. The van der Waals surface area contributed by atoms with Crippen LogP contribution < -0.4 is 14.8 Å². The highest BCUT2D eigenvalue weighted by Crippen LogP contribution is 2.21. The van der Waals surface area contributed by atoms with E-state index in [4.69, 9.17) is 13.9 Å². The molecule has 0 bridgehead atoms. The van der Waals surface area contributed by atoms with E-state index >= 15 is 0 Å². The van der Waals surface area contributed by atoms with Gasteiger partial charge in [-0.2, -0.15) is 0 Å². The van der Waals surface area contributed by atoms with E-state index in [1.54, 1.807) is 24.3 Å². The molecule has 5 nitrogen and oxygen atoms in total. The highest BCUT2D eigenvalue weighted by atomic mass is 79.9. The first-order valence-corrected chi connectivity index (χ1v) is 9.05. The monoisotopic (exact) mass is 433 g/mol. The van der Waals surface area contributed by atoms with Crippen LogP contribution in [0, 0.1) is 5.82 Å². The molecule has 0 radical (unpaired) electrons. The summed E-state index contributed by atoms with van der Waals surface area (Å²) < 4.78 is 30.9. The molecule has 0 spiro atoms. The van der Waals surface area contributed by atoms with Crippen LogP contribution >= 0.6 is 15.9 Å². The number of ether oxygens (including phenoxy) is 2. The topological polar surface area (TPSA) is 60.7 Å². The van der Waals surface area contributed by atoms with E-state index in [0.29, 0.717) is 22.6 Å². The molecule has 0 aliphatic rings. The molecule has 3 rings (SSSR count). The molecule has 2 aromatic carbocycles. The van der Waals surface area contributed by atoms with Gasteiger partial charge < -0.3 is 19.2 Å². The van der Waals surface area contributed by atoms with E-state index < -0.39 is 11.7 Å². The van der Waals surface area contributed by atoms with Crippen molar-refractivity contribution in [2.75, 3.05) is 11.9 Å². The molecular weight excluding hydrogens is 417 g/mol. The maximum Gasteiger partial charge on any atom is 0.291 e. The second-order valence-corrected chi connectivity index (χ2v) is 6.45. The number of hydrogen-bond acceptors (Lipinski definition) is 4. The number of carbonyl (C=O) groups is 1. The highest BCUT2D eigenvalue weighted by Gasteiger charge is 2.14. The lowest BCUT2D eigenvalue weighted by atomic mass is 10.3. The van der Waals surface area contributed by atoms with Crippen LogP contribution in [-0.2, 0) is 6.61 Å². The molecule has 1 heterocycles. The smallest absolute Gasteiger partial charge is 0.291 e. The summed E-state index contributed by atoms with van der Waals surface area (Å²) in [6.45, 7) is 2.68. The second kappa shape index (κ2) is 8.73. The standard InChI is InChI=1S/C20H17BrFNO4/c1-2-25-14-4-6-15(7-5-14)26-12-16-8-10-19(27-16)20(24)23-18-9-3-13(21)11-17(18)22/h3-11H,2,12H2,1H3,(H,23,24). The van der Waals surface area contributed by atoms with Crippen LogP contribution in [0.25, 0.3) is 0 Å². The summed E-state index contributed by atoms with van der Waals surface area (Å²) in [4.78, 5) is 12.2. The van der Waals surface area contributed by atoms with Gasteiger partial charge in [0.05, 0.1) is 12.3 Å². The predicted octanol–water partition coefficient (Wildman–Crippen LogP) is 5.41. The molecule has 0 saturated carbocycles. The van der Waals surface area contributed by atoms with Crippen molar-refractivity contribution in [2.24, 2.45) is 0 Å². The lowest BCUT2D eigenvalue weighted by molar-refractivity contribution is 0.0992. The molecule has 0 unspecified atom stereocenters. The number of benzene rings is 2. The lowest BCUT2D eigenvalue weighted by Gasteiger charge is -2.07. The number of furan rings is 1. The zero-order chi connectivity index (χ0) is 19.2. The normalized spacial score (nSPS) is 10.5. The van der Waals surface area contributed by atoms with Crippen molar-refractivity contribution in [3.05, 3.63) is 76.4 Å². The van der Waals surface area contributed by atoms with E-state index in [-0.39, 0.29) is 18.1 Å². The Morgan fingerprint density at radius 2 is 1.78 bits per heavy atom. The van der Waals surface area contributed by atoms with Crippen molar-refractivity contribution in [2.45, 2.75) is 13.5 Å². The first-order valence-electron chi connectivity index (χ1n) is 8.26. The van der Waals surface area contributed by atoms with Gasteiger partial charge in [-0.1, -0.05) is 15.9 Å². The van der Waals surface area contributed by atoms with E-state index in [1.807, 2.05) is 19.1 Å². The van der Waals surface area contributed by atoms with Crippen LogP contribution in [0.15, 0.2) is 63.5 Å².